The Hall–Kier alpha value is -2.10. The maximum absolute atomic E-state index is 12.0. The monoisotopic (exact) mass is 257 g/mol. The summed E-state index contributed by atoms with van der Waals surface area (Å²) in [6.07, 6.45) is 4.92. The number of rotatable bonds is 5. The van der Waals surface area contributed by atoms with Crippen LogP contribution in [0.5, 0.6) is 0 Å². The molecule has 0 saturated heterocycles. The molecule has 1 aromatic carbocycles. The first-order chi connectivity index (χ1) is 9.20. The normalized spacial score (nSPS) is 12.1. The third-order valence-corrected chi connectivity index (χ3v) is 3.13. The second-order valence-corrected chi connectivity index (χ2v) is 4.60. The van der Waals surface area contributed by atoms with Crippen molar-refractivity contribution in [3.63, 3.8) is 0 Å². The Morgan fingerprint density at radius 3 is 2.84 bits per heavy atom. The fourth-order valence-electron chi connectivity index (χ4n) is 2.05. The van der Waals surface area contributed by atoms with Crippen molar-refractivity contribution in [3.8, 4) is 0 Å². The highest BCUT2D eigenvalue weighted by molar-refractivity contribution is 5.91. The Kier molecular flexibility index (Phi) is 4.34. The van der Waals surface area contributed by atoms with E-state index in [1.165, 1.54) is 0 Å². The molecule has 0 radical (unpaired) electrons. The number of amides is 1. The molecule has 1 atom stereocenters. The van der Waals surface area contributed by atoms with Crippen LogP contribution in [0.3, 0.4) is 0 Å². The molecule has 0 bridgehead atoms. The van der Waals surface area contributed by atoms with Crippen molar-refractivity contribution >= 4 is 11.6 Å². The van der Waals surface area contributed by atoms with Crippen LogP contribution in [0.2, 0.25) is 0 Å². The molecular formula is C15H19N3O. The van der Waals surface area contributed by atoms with E-state index >= 15 is 0 Å². The van der Waals surface area contributed by atoms with Gasteiger partial charge in [0, 0.05) is 24.5 Å². The lowest BCUT2D eigenvalue weighted by Gasteiger charge is -2.13. The summed E-state index contributed by atoms with van der Waals surface area (Å²) in [5.74, 6) is 0.0175. The molecule has 2 aromatic rings. The number of anilines is 1. The van der Waals surface area contributed by atoms with Crippen LogP contribution in [-0.4, -0.2) is 15.7 Å². The third kappa shape index (κ3) is 3.44. The summed E-state index contributed by atoms with van der Waals surface area (Å²) in [6.45, 7) is 4.07. The van der Waals surface area contributed by atoms with Crippen LogP contribution in [0.1, 0.15) is 31.9 Å². The van der Waals surface area contributed by atoms with E-state index in [4.69, 9.17) is 0 Å². The van der Waals surface area contributed by atoms with Gasteiger partial charge in [0.25, 0.3) is 0 Å². The Bertz CT molecular complexity index is 534. The van der Waals surface area contributed by atoms with E-state index in [1.54, 1.807) is 10.9 Å². The Labute approximate surface area is 113 Å². The summed E-state index contributed by atoms with van der Waals surface area (Å²) in [4.78, 5) is 12.0. The van der Waals surface area contributed by atoms with Gasteiger partial charge in [-0.25, -0.2) is 0 Å². The quantitative estimate of drug-likeness (QED) is 0.895. The molecule has 4 nitrogen and oxygen atoms in total. The van der Waals surface area contributed by atoms with Crippen molar-refractivity contribution in [3.05, 3.63) is 48.3 Å². The van der Waals surface area contributed by atoms with Crippen LogP contribution >= 0.6 is 0 Å². The third-order valence-electron chi connectivity index (χ3n) is 3.13. The van der Waals surface area contributed by atoms with Gasteiger partial charge in [0.2, 0.25) is 5.91 Å². The number of carbonyl (C=O) groups excluding carboxylic acids is 1. The molecule has 0 fully saturated rings. The van der Waals surface area contributed by atoms with Gasteiger partial charge in [0.1, 0.15) is 0 Å². The van der Waals surface area contributed by atoms with Crippen molar-refractivity contribution in [1.82, 2.24) is 9.78 Å². The predicted octanol–water partition coefficient (Wildman–Crippen LogP) is 3.04. The number of aryl methyl sites for hydroxylation is 1. The van der Waals surface area contributed by atoms with Gasteiger partial charge in [-0.2, -0.15) is 5.10 Å². The van der Waals surface area contributed by atoms with Crippen molar-refractivity contribution in [2.45, 2.75) is 32.7 Å². The number of hydrogen-bond acceptors (Lipinski definition) is 2. The van der Waals surface area contributed by atoms with Crippen molar-refractivity contribution in [2.75, 3.05) is 5.32 Å². The molecule has 0 spiro atoms. The van der Waals surface area contributed by atoms with E-state index in [2.05, 4.69) is 17.3 Å². The van der Waals surface area contributed by atoms with Crippen LogP contribution in [0.15, 0.2) is 42.7 Å². The smallest absolute Gasteiger partial charge is 0.226 e. The molecule has 0 aliphatic rings. The topological polar surface area (TPSA) is 46.9 Å². The predicted molar refractivity (Wildman–Crippen MR) is 76.0 cm³/mol. The number of benzene rings is 1. The fraction of sp³-hybridized carbons (Fsp3) is 0.333. The summed E-state index contributed by atoms with van der Waals surface area (Å²) in [5, 5.41) is 7.12. The number of carbonyl (C=O) groups is 1. The van der Waals surface area contributed by atoms with Crippen LogP contribution in [0, 0.1) is 0 Å². The summed E-state index contributed by atoms with van der Waals surface area (Å²) in [7, 11) is 0. The van der Waals surface area contributed by atoms with E-state index in [0.717, 1.165) is 17.7 Å². The van der Waals surface area contributed by atoms with Crippen molar-refractivity contribution < 1.29 is 4.79 Å². The minimum atomic E-state index is 0.0175. The van der Waals surface area contributed by atoms with E-state index < -0.39 is 0 Å². The first-order valence-electron chi connectivity index (χ1n) is 6.57. The maximum atomic E-state index is 12.0. The molecule has 1 aromatic heterocycles. The summed E-state index contributed by atoms with van der Waals surface area (Å²) >= 11 is 0. The zero-order valence-corrected chi connectivity index (χ0v) is 11.3. The molecule has 2 rings (SSSR count). The largest absolute Gasteiger partial charge is 0.326 e. The number of nitrogens with zero attached hydrogens (tertiary/aromatic N) is 2. The SMILES string of the molecule is CCc1ccccc1NC(=O)CC(C)n1cccn1. The molecule has 1 N–H and O–H groups in total. The van der Waals surface area contributed by atoms with Crippen molar-refractivity contribution in [1.29, 1.82) is 0 Å². The van der Waals surface area contributed by atoms with Gasteiger partial charge < -0.3 is 5.32 Å². The number of para-hydroxylation sites is 1. The van der Waals surface area contributed by atoms with Gasteiger partial charge in [0.15, 0.2) is 0 Å². The lowest BCUT2D eigenvalue weighted by Crippen LogP contribution is -2.18. The Morgan fingerprint density at radius 1 is 1.37 bits per heavy atom. The molecule has 19 heavy (non-hydrogen) atoms. The van der Waals surface area contributed by atoms with Gasteiger partial charge in [-0.05, 0) is 31.0 Å². The van der Waals surface area contributed by atoms with Crippen LogP contribution in [0.4, 0.5) is 5.69 Å². The molecule has 0 aliphatic heterocycles. The zero-order chi connectivity index (χ0) is 13.7. The molecule has 1 heterocycles. The van der Waals surface area contributed by atoms with E-state index in [-0.39, 0.29) is 11.9 Å². The summed E-state index contributed by atoms with van der Waals surface area (Å²) in [6, 6.07) is 9.82. The number of hydrogen-bond donors (Lipinski definition) is 1. The van der Waals surface area contributed by atoms with Crippen LogP contribution in [0.25, 0.3) is 0 Å². The second kappa shape index (κ2) is 6.18. The minimum absolute atomic E-state index is 0.0175. The van der Waals surface area contributed by atoms with E-state index in [1.807, 2.05) is 43.5 Å². The highest BCUT2D eigenvalue weighted by Crippen LogP contribution is 2.17. The molecule has 0 saturated carbocycles. The maximum Gasteiger partial charge on any atom is 0.226 e. The van der Waals surface area contributed by atoms with Gasteiger partial charge in [0.05, 0.1) is 6.04 Å². The zero-order valence-electron chi connectivity index (χ0n) is 11.3. The molecular weight excluding hydrogens is 238 g/mol. The molecule has 100 valence electrons. The van der Waals surface area contributed by atoms with Crippen LogP contribution < -0.4 is 5.32 Å². The fourth-order valence-corrected chi connectivity index (χ4v) is 2.05. The molecule has 0 aliphatic carbocycles. The average molecular weight is 257 g/mol. The number of aromatic nitrogens is 2. The lowest BCUT2D eigenvalue weighted by molar-refractivity contribution is -0.116. The highest BCUT2D eigenvalue weighted by Gasteiger charge is 2.12. The number of nitrogens with one attached hydrogen (secondary N) is 1. The minimum Gasteiger partial charge on any atom is -0.326 e. The molecule has 1 unspecified atom stereocenters. The van der Waals surface area contributed by atoms with Gasteiger partial charge in [-0.15, -0.1) is 0 Å². The molecule has 1 amide bonds. The summed E-state index contributed by atoms with van der Waals surface area (Å²) < 4.78 is 1.80. The van der Waals surface area contributed by atoms with Crippen LogP contribution in [-0.2, 0) is 11.2 Å². The molecule has 4 heteroatoms. The second-order valence-electron chi connectivity index (χ2n) is 4.60. The lowest BCUT2D eigenvalue weighted by atomic mass is 10.1. The summed E-state index contributed by atoms with van der Waals surface area (Å²) in [5.41, 5.74) is 2.06. The van der Waals surface area contributed by atoms with Gasteiger partial charge in [-0.1, -0.05) is 25.1 Å². The standard InChI is InChI=1S/C15H19N3O/c1-3-13-7-4-5-8-14(13)17-15(19)11-12(2)18-10-6-9-16-18/h4-10,12H,3,11H2,1-2H3,(H,17,19). The highest BCUT2D eigenvalue weighted by atomic mass is 16.1. The van der Waals surface area contributed by atoms with E-state index in [0.29, 0.717) is 6.42 Å². The Morgan fingerprint density at radius 2 is 2.16 bits per heavy atom. The first kappa shape index (κ1) is 13.3. The first-order valence-corrected chi connectivity index (χ1v) is 6.57. The van der Waals surface area contributed by atoms with Gasteiger partial charge >= 0.3 is 0 Å². The Balaban J connectivity index is 1.98. The average Bonchev–Trinajstić information content (AvgIpc) is 2.93. The van der Waals surface area contributed by atoms with Gasteiger partial charge in [-0.3, -0.25) is 9.48 Å². The van der Waals surface area contributed by atoms with E-state index in [9.17, 15) is 4.79 Å². The van der Waals surface area contributed by atoms with Crippen molar-refractivity contribution in [2.24, 2.45) is 0 Å².